The molecule has 0 spiro atoms. The topological polar surface area (TPSA) is 35.5 Å². The molecule has 0 saturated carbocycles. The highest BCUT2D eigenvalue weighted by atomic mass is 79.9. The van der Waals surface area contributed by atoms with Gasteiger partial charge in [-0.2, -0.15) is 0 Å². The maximum atomic E-state index is 11.6. The summed E-state index contributed by atoms with van der Waals surface area (Å²) in [4.78, 5) is 12.4. The number of ether oxygens (including phenoxy) is 2. The standard InChI is InChI=1S/C10H13BrO3S/c1-13-5-6-14-4-2-9(12)10-8(11)3-7-15-10/h3,7H,2,4-6H2,1H3. The Kier molecular flexibility index (Phi) is 6.09. The zero-order valence-electron chi connectivity index (χ0n) is 8.49. The van der Waals surface area contributed by atoms with Gasteiger partial charge >= 0.3 is 0 Å². The third-order valence-electron chi connectivity index (χ3n) is 1.78. The minimum absolute atomic E-state index is 0.120. The van der Waals surface area contributed by atoms with E-state index in [1.54, 1.807) is 7.11 Å². The minimum atomic E-state index is 0.120. The van der Waals surface area contributed by atoms with Gasteiger partial charge in [0.1, 0.15) is 0 Å². The van der Waals surface area contributed by atoms with Crippen LogP contribution in [0.2, 0.25) is 0 Å². The van der Waals surface area contributed by atoms with E-state index in [0.29, 0.717) is 26.2 Å². The molecule has 15 heavy (non-hydrogen) atoms. The molecule has 0 N–H and O–H groups in total. The number of hydrogen-bond acceptors (Lipinski definition) is 4. The molecule has 0 saturated heterocycles. The minimum Gasteiger partial charge on any atom is -0.382 e. The zero-order valence-corrected chi connectivity index (χ0v) is 10.9. The highest BCUT2D eigenvalue weighted by Crippen LogP contribution is 2.23. The molecule has 0 amide bonds. The quantitative estimate of drug-likeness (QED) is 0.573. The molecule has 1 rings (SSSR count). The summed E-state index contributed by atoms with van der Waals surface area (Å²) in [6.07, 6.45) is 0.419. The fraction of sp³-hybridized carbons (Fsp3) is 0.500. The van der Waals surface area contributed by atoms with Crippen molar-refractivity contribution >= 4 is 33.0 Å². The molecule has 1 heterocycles. The van der Waals surface area contributed by atoms with Crippen molar-refractivity contribution in [1.82, 2.24) is 0 Å². The molecular formula is C10H13BrO3S. The van der Waals surface area contributed by atoms with Crippen LogP contribution in [0.25, 0.3) is 0 Å². The zero-order chi connectivity index (χ0) is 11.1. The Hall–Kier alpha value is -0.230. The van der Waals surface area contributed by atoms with E-state index in [1.165, 1.54) is 11.3 Å². The number of ketones is 1. The van der Waals surface area contributed by atoms with E-state index in [1.807, 2.05) is 11.4 Å². The molecule has 0 bridgehead atoms. The molecule has 5 heteroatoms. The van der Waals surface area contributed by atoms with Crippen LogP contribution < -0.4 is 0 Å². The Labute approximate surface area is 102 Å². The normalized spacial score (nSPS) is 10.5. The van der Waals surface area contributed by atoms with Crippen LogP contribution in [0.5, 0.6) is 0 Å². The molecule has 0 unspecified atom stereocenters. The van der Waals surface area contributed by atoms with E-state index in [9.17, 15) is 4.79 Å². The lowest BCUT2D eigenvalue weighted by Gasteiger charge is -2.02. The van der Waals surface area contributed by atoms with E-state index >= 15 is 0 Å². The van der Waals surface area contributed by atoms with Crippen molar-refractivity contribution in [3.05, 3.63) is 20.8 Å². The average molecular weight is 293 g/mol. The first-order valence-electron chi connectivity index (χ1n) is 4.58. The Morgan fingerprint density at radius 1 is 1.47 bits per heavy atom. The first-order valence-corrected chi connectivity index (χ1v) is 6.26. The summed E-state index contributed by atoms with van der Waals surface area (Å²) >= 11 is 4.78. The molecule has 0 aliphatic heterocycles. The predicted molar refractivity (Wildman–Crippen MR) is 63.7 cm³/mol. The number of rotatable bonds is 7. The van der Waals surface area contributed by atoms with Gasteiger partial charge in [0.15, 0.2) is 5.78 Å². The fourth-order valence-corrected chi connectivity index (χ4v) is 2.58. The van der Waals surface area contributed by atoms with Gasteiger partial charge in [-0.15, -0.1) is 11.3 Å². The van der Waals surface area contributed by atoms with Gasteiger partial charge in [-0.25, -0.2) is 0 Å². The second-order valence-corrected chi connectivity index (χ2v) is 4.65. The van der Waals surface area contributed by atoms with Crippen molar-refractivity contribution in [3.63, 3.8) is 0 Å². The Bertz CT molecular complexity index is 311. The summed E-state index contributed by atoms with van der Waals surface area (Å²) in [6.45, 7) is 1.55. The Balaban J connectivity index is 2.22. The van der Waals surface area contributed by atoms with Gasteiger partial charge in [0.05, 0.1) is 24.7 Å². The molecule has 3 nitrogen and oxygen atoms in total. The van der Waals surface area contributed by atoms with E-state index in [-0.39, 0.29) is 5.78 Å². The number of carbonyl (C=O) groups is 1. The van der Waals surface area contributed by atoms with Crippen LogP contribution >= 0.6 is 27.3 Å². The molecule has 0 atom stereocenters. The third-order valence-corrected chi connectivity index (χ3v) is 3.65. The van der Waals surface area contributed by atoms with Gasteiger partial charge in [-0.1, -0.05) is 0 Å². The molecule has 0 fully saturated rings. The SMILES string of the molecule is COCCOCCC(=O)c1sccc1Br. The summed E-state index contributed by atoms with van der Waals surface area (Å²) in [5.74, 6) is 0.120. The number of halogens is 1. The summed E-state index contributed by atoms with van der Waals surface area (Å²) in [5, 5.41) is 1.89. The Morgan fingerprint density at radius 3 is 2.87 bits per heavy atom. The van der Waals surface area contributed by atoms with Crippen LogP contribution in [0.4, 0.5) is 0 Å². The van der Waals surface area contributed by atoms with Gasteiger partial charge in [-0.05, 0) is 27.4 Å². The first kappa shape index (κ1) is 12.8. The van der Waals surface area contributed by atoms with Gasteiger partial charge in [-0.3, -0.25) is 4.79 Å². The number of hydrogen-bond donors (Lipinski definition) is 0. The van der Waals surface area contributed by atoms with E-state index < -0.39 is 0 Å². The van der Waals surface area contributed by atoms with Gasteiger partial charge < -0.3 is 9.47 Å². The van der Waals surface area contributed by atoms with E-state index in [2.05, 4.69) is 15.9 Å². The van der Waals surface area contributed by atoms with Crippen LogP contribution in [0.3, 0.4) is 0 Å². The molecule has 0 aliphatic rings. The lowest BCUT2D eigenvalue weighted by molar-refractivity contribution is 0.0642. The second-order valence-electron chi connectivity index (χ2n) is 2.88. The van der Waals surface area contributed by atoms with Gasteiger partial charge in [0.2, 0.25) is 0 Å². The largest absolute Gasteiger partial charge is 0.382 e. The highest BCUT2D eigenvalue weighted by molar-refractivity contribution is 9.10. The summed E-state index contributed by atoms with van der Waals surface area (Å²) in [5.41, 5.74) is 0. The molecular weight excluding hydrogens is 280 g/mol. The van der Waals surface area contributed by atoms with Gasteiger partial charge in [0, 0.05) is 18.0 Å². The lowest BCUT2D eigenvalue weighted by atomic mass is 10.2. The maximum Gasteiger partial charge on any atom is 0.176 e. The van der Waals surface area contributed by atoms with E-state index in [0.717, 1.165) is 9.35 Å². The average Bonchev–Trinajstić information content (AvgIpc) is 2.64. The summed E-state index contributed by atoms with van der Waals surface area (Å²) in [7, 11) is 1.62. The number of thiophene rings is 1. The van der Waals surface area contributed by atoms with Crippen LogP contribution in [0.15, 0.2) is 15.9 Å². The van der Waals surface area contributed by atoms with Crippen LogP contribution in [0, 0.1) is 0 Å². The summed E-state index contributed by atoms with van der Waals surface area (Å²) in [6, 6.07) is 1.88. The molecule has 84 valence electrons. The van der Waals surface area contributed by atoms with Crippen LogP contribution in [-0.4, -0.2) is 32.7 Å². The Morgan fingerprint density at radius 2 is 2.27 bits per heavy atom. The summed E-state index contributed by atoms with van der Waals surface area (Å²) < 4.78 is 10.9. The predicted octanol–water partition coefficient (Wildman–Crippen LogP) is 2.75. The highest BCUT2D eigenvalue weighted by Gasteiger charge is 2.10. The van der Waals surface area contributed by atoms with Crippen molar-refractivity contribution in [3.8, 4) is 0 Å². The molecule has 1 aromatic rings. The van der Waals surface area contributed by atoms with Crippen molar-refractivity contribution in [2.75, 3.05) is 26.9 Å². The molecule has 0 aliphatic carbocycles. The fourth-order valence-electron chi connectivity index (χ4n) is 1.02. The van der Waals surface area contributed by atoms with Crippen molar-refractivity contribution < 1.29 is 14.3 Å². The van der Waals surface area contributed by atoms with Crippen LogP contribution in [-0.2, 0) is 9.47 Å². The first-order chi connectivity index (χ1) is 7.25. The molecule has 0 aromatic carbocycles. The molecule has 0 radical (unpaired) electrons. The van der Waals surface area contributed by atoms with Gasteiger partial charge in [0.25, 0.3) is 0 Å². The monoisotopic (exact) mass is 292 g/mol. The van der Waals surface area contributed by atoms with Crippen LogP contribution in [0.1, 0.15) is 16.1 Å². The second kappa shape index (κ2) is 7.11. The molecule has 1 aromatic heterocycles. The van der Waals surface area contributed by atoms with E-state index in [4.69, 9.17) is 9.47 Å². The number of carbonyl (C=O) groups excluding carboxylic acids is 1. The smallest absolute Gasteiger partial charge is 0.176 e. The number of methoxy groups -OCH3 is 1. The number of Topliss-reactive ketones (excluding diaryl/α,β-unsaturated/α-hetero) is 1. The maximum absolute atomic E-state index is 11.6. The van der Waals surface area contributed by atoms with Crippen molar-refractivity contribution in [1.29, 1.82) is 0 Å². The van der Waals surface area contributed by atoms with Crippen molar-refractivity contribution in [2.24, 2.45) is 0 Å². The lowest BCUT2D eigenvalue weighted by Crippen LogP contribution is -2.07. The van der Waals surface area contributed by atoms with Crippen molar-refractivity contribution in [2.45, 2.75) is 6.42 Å². The third kappa shape index (κ3) is 4.42.